The summed E-state index contributed by atoms with van der Waals surface area (Å²) in [6.07, 6.45) is 4.54. The maximum absolute atomic E-state index is 12.1. The number of anilines is 1. The predicted molar refractivity (Wildman–Crippen MR) is 92.6 cm³/mol. The van der Waals surface area contributed by atoms with E-state index in [1.807, 2.05) is 0 Å². The van der Waals surface area contributed by atoms with E-state index in [-0.39, 0.29) is 17.4 Å². The quantitative estimate of drug-likeness (QED) is 0.710. The Kier molecular flexibility index (Phi) is 4.34. The van der Waals surface area contributed by atoms with E-state index in [2.05, 4.69) is 20.4 Å². The van der Waals surface area contributed by atoms with Gasteiger partial charge in [0.2, 0.25) is 11.9 Å². The summed E-state index contributed by atoms with van der Waals surface area (Å²) in [5.41, 5.74) is 1.35. The monoisotopic (exact) mass is 339 g/mol. The summed E-state index contributed by atoms with van der Waals surface area (Å²) in [6, 6.07) is 5.14. The van der Waals surface area contributed by atoms with Crippen molar-refractivity contribution in [1.29, 1.82) is 0 Å². The van der Waals surface area contributed by atoms with Crippen molar-refractivity contribution in [3.8, 4) is 17.4 Å². The first-order chi connectivity index (χ1) is 12.0. The predicted octanol–water partition coefficient (Wildman–Crippen LogP) is 2.35. The van der Waals surface area contributed by atoms with Gasteiger partial charge in [-0.3, -0.25) is 14.6 Å². The van der Waals surface area contributed by atoms with Gasteiger partial charge in [0.1, 0.15) is 11.5 Å². The van der Waals surface area contributed by atoms with Crippen molar-refractivity contribution in [3.05, 3.63) is 58.2 Å². The van der Waals surface area contributed by atoms with Crippen LogP contribution >= 0.6 is 0 Å². The van der Waals surface area contributed by atoms with Gasteiger partial charge in [0.05, 0.1) is 6.26 Å². The van der Waals surface area contributed by atoms with E-state index in [9.17, 15) is 9.59 Å². The Morgan fingerprint density at radius 2 is 2.20 bits per heavy atom. The molecule has 0 atom stereocenters. The first kappa shape index (κ1) is 16.4. The molecule has 0 aliphatic heterocycles. The number of hydrogen-bond donors (Lipinski definition) is 2. The number of nitrogens with one attached hydrogen (secondary N) is 2. The van der Waals surface area contributed by atoms with Crippen LogP contribution in [0.4, 0.5) is 5.82 Å². The molecule has 0 saturated heterocycles. The third kappa shape index (κ3) is 3.27. The number of furan rings is 1. The average Bonchev–Trinajstić information content (AvgIpc) is 3.21. The Hall–Kier alpha value is -3.42. The van der Waals surface area contributed by atoms with Crippen LogP contribution in [0, 0.1) is 13.8 Å². The second-order valence-corrected chi connectivity index (χ2v) is 5.39. The number of nitrogens with zero attached hydrogens (tertiary/aromatic N) is 3. The number of carbonyl (C=O) groups is 1. The van der Waals surface area contributed by atoms with Crippen molar-refractivity contribution < 1.29 is 9.21 Å². The SMILES string of the molecule is C/C=C\C(=O)Nc1cc(-c2ccco2)nn1-c1nc(C)c(C)c(=O)[nH]1. The van der Waals surface area contributed by atoms with Crippen LogP contribution in [0.3, 0.4) is 0 Å². The lowest BCUT2D eigenvalue weighted by Crippen LogP contribution is -2.20. The van der Waals surface area contributed by atoms with Gasteiger partial charge in [-0.1, -0.05) is 6.08 Å². The zero-order valence-electron chi connectivity index (χ0n) is 14.0. The lowest BCUT2D eigenvalue weighted by molar-refractivity contribution is -0.111. The van der Waals surface area contributed by atoms with Crippen LogP contribution in [0.25, 0.3) is 17.4 Å². The van der Waals surface area contributed by atoms with Crippen molar-refractivity contribution >= 4 is 11.7 Å². The van der Waals surface area contributed by atoms with Gasteiger partial charge < -0.3 is 9.73 Å². The van der Waals surface area contributed by atoms with E-state index in [0.29, 0.717) is 28.5 Å². The molecule has 0 fully saturated rings. The summed E-state index contributed by atoms with van der Waals surface area (Å²) < 4.78 is 6.72. The number of H-pyrrole nitrogens is 1. The summed E-state index contributed by atoms with van der Waals surface area (Å²) >= 11 is 0. The molecule has 0 unspecified atom stereocenters. The molecule has 0 aromatic carbocycles. The summed E-state index contributed by atoms with van der Waals surface area (Å²) in [7, 11) is 0. The molecule has 0 saturated carbocycles. The molecule has 8 nitrogen and oxygen atoms in total. The topological polar surface area (TPSA) is 106 Å². The van der Waals surface area contributed by atoms with Crippen molar-refractivity contribution in [1.82, 2.24) is 19.7 Å². The molecule has 2 N–H and O–H groups in total. The minimum atomic E-state index is -0.319. The van der Waals surface area contributed by atoms with Gasteiger partial charge in [-0.05, 0) is 39.0 Å². The van der Waals surface area contributed by atoms with E-state index in [1.54, 1.807) is 45.0 Å². The van der Waals surface area contributed by atoms with Crippen LogP contribution in [-0.2, 0) is 4.79 Å². The fourth-order valence-electron chi connectivity index (χ4n) is 2.23. The van der Waals surface area contributed by atoms with Gasteiger partial charge in [-0.15, -0.1) is 0 Å². The molecule has 3 aromatic rings. The second kappa shape index (κ2) is 6.60. The number of rotatable bonds is 4. The lowest BCUT2D eigenvalue weighted by Gasteiger charge is -2.08. The Bertz CT molecular complexity index is 996. The average molecular weight is 339 g/mol. The second-order valence-electron chi connectivity index (χ2n) is 5.39. The highest BCUT2D eigenvalue weighted by molar-refractivity contribution is 5.99. The van der Waals surface area contributed by atoms with E-state index in [1.165, 1.54) is 17.0 Å². The molecular weight excluding hydrogens is 322 g/mol. The van der Waals surface area contributed by atoms with Crippen LogP contribution in [0.2, 0.25) is 0 Å². The van der Waals surface area contributed by atoms with E-state index < -0.39 is 0 Å². The zero-order chi connectivity index (χ0) is 18.0. The number of aromatic amines is 1. The maximum atomic E-state index is 12.1. The Labute approximate surface area is 143 Å². The third-order valence-corrected chi connectivity index (χ3v) is 3.64. The largest absolute Gasteiger partial charge is 0.463 e. The number of hydrogen-bond acceptors (Lipinski definition) is 5. The zero-order valence-corrected chi connectivity index (χ0v) is 14.0. The van der Waals surface area contributed by atoms with Crippen LogP contribution in [0.1, 0.15) is 18.2 Å². The number of aromatic nitrogens is 4. The van der Waals surface area contributed by atoms with Crippen LogP contribution in [-0.4, -0.2) is 25.7 Å². The first-order valence-corrected chi connectivity index (χ1v) is 7.65. The fraction of sp³-hybridized carbons (Fsp3) is 0.176. The summed E-state index contributed by atoms with van der Waals surface area (Å²) in [6.45, 7) is 5.17. The van der Waals surface area contributed by atoms with Crippen molar-refractivity contribution in [2.75, 3.05) is 5.32 Å². The number of carbonyl (C=O) groups excluding carboxylic acids is 1. The molecule has 128 valence electrons. The molecule has 8 heteroatoms. The molecule has 0 aliphatic carbocycles. The molecule has 0 bridgehead atoms. The molecule has 0 aliphatic rings. The standard InChI is InChI=1S/C17H17N5O3/c1-4-6-15(23)19-14-9-12(13-7-5-8-25-13)21-22(14)17-18-11(3)10(2)16(24)20-17/h4-9H,1-3H3,(H,19,23)(H,18,20,24)/b6-4-. The highest BCUT2D eigenvalue weighted by Crippen LogP contribution is 2.24. The van der Waals surface area contributed by atoms with Crippen molar-refractivity contribution in [2.45, 2.75) is 20.8 Å². The molecule has 25 heavy (non-hydrogen) atoms. The summed E-state index contributed by atoms with van der Waals surface area (Å²) in [5.74, 6) is 0.787. The lowest BCUT2D eigenvalue weighted by atomic mass is 10.3. The van der Waals surface area contributed by atoms with Gasteiger partial charge >= 0.3 is 0 Å². The highest BCUT2D eigenvalue weighted by Gasteiger charge is 2.16. The van der Waals surface area contributed by atoms with Crippen molar-refractivity contribution in [3.63, 3.8) is 0 Å². The Balaban J connectivity index is 2.13. The molecular formula is C17H17N5O3. The van der Waals surface area contributed by atoms with Gasteiger partial charge in [0.25, 0.3) is 5.56 Å². The van der Waals surface area contributed by atoms with Gasteiger partial charge in [-0.2, -0.15) is 9.78 Å². The minimum absolute atomic E-state index is 0.210. The van der Waals surface area contributed by atoms with Gasteiger partial charge in [-0.25, -0.2) is 4.98 Å². The Morgan fingerprint density at radius 3 is 2.84 bits per heavy atom. The first-order valence-electron chi connectivity index (χ1n) is 7.65. The van der Waals surface area contributed by atoms with Crippen LogP contribution in [0.5, 0.6) is 0 Å². The van der Waals surface area contributed by atoms with Crippen molar-refractivity contribution in [2.24, 2.45) is 0 Å². The number of aryl methyl sites for hydroxylation is 1. The number of allylic oxidation sites excluding steroid dienone is 1. The summed E-state index contributed by atoms with van der Waals surface area (Å²) in [5, 5.41) is 7.12. The van der Waals surface area contributed by atoms with Crippen LogP contribution in [0.15, 0.2) is 45.8 Å². The van der Waals surface area contributed by atoms with E-state index >= 15 is 0 Å². The fourth-order valence-corrected chi connectivity index (χ4v) is 2.23. The van der Waals surface area contributed by atoms with Gasteiger partial charge in [0.15, 0.2) is 5.76 Å². The van der Waals surface area contributed by atoms with E-state index in [0.717, 1.165) is 0 Å². The normalized spacial score (nSPS) is 11.2. The molecule has 3 aromatic heterocycles. The highest BCUT2D eigenvalue weighted by atomic mass is 16.3. The molecule has 3 rings (SSSR count). The van der Waals surface area contributed by atoms with E-state index in [4.69, 9.17) is 4.42 Å². The van der Waals surface area contributed by atoms with Crippen LogP contribution < -0.4 is 10.9 Å². The molecule has 3 heterocycles. The molecule has 0 spiro atoms. The summed E-state index contributed by atoms with van der Waals surface area (Å²) in [4.78, 5) is 31.0. The maximum Gasteiger partial charge on any atom is 0.255 e. The minimum Gasteiger partial charge on any atom is -0.463 e. The number of amides is 1. The molecule has 0 radical (unpaired) electrons. The van der Waals surface area contributed by atoms with Gasteiger partial charge in [0, 0.05) is 17.3 Å². The molecule has 1 amide bonds. The Morgan fingerprint density at radius 1 is 1.40 bits per heavy atom. The third-order valence-electron chi connectivity index (χ3n) is 3.64. The smallest absolute Gasteiger partial charge is 0.255 e.